The average molecular weight is 188 g/mol. The van der Waals surface area contributed by atoms with Crippen molar-refractivity contribution in [3.05, 3.63) is 12.7 Å². The molecule has 1 saturated carbocycles. The first-order valence-electron chi connectivity index (χ1n) is 4.32. The SMILES string of the molecule is C=CCN(C(=O)Cl)C1CCCC1. The van der Waals surface area contributed by atoms with Crippen LogP contribution < -0.4 is 0 Å². The summed E-state index contributed by atoms with van der Waals surface area (Å²) in [5, 5.41) is -0.346. The van der Waals surface area contributed by atoms with Crippen LogP contribution in [0.15, 0.2) is 12.7 Å². The molecule has 68 valence electrons. The zero-order valence-corrected chi connectivity index (χ0v) is 7.89. The van der Waals surface area contributed by atoms with Crippen molar-refractivity contribution in [1.29, 1.82) is 0 Å². The number of amides is 1. The molecule has 12 heavy (non-hydrogen) atoms. The van der Waals surface area contributed by atoms with Gasteiger partial charge in [0.25, 0.3) is 0 Å². The third-order valence-corrected chi connectivity index (χ3v) is 2.53. The summed E-state index contributed by atoms with van der Waals surface area (Å²) in [6, 6.07) is 0.355. The van der Waals surface area contributed by atoms with E-state index in [1.807, 2.05) is 0 Å². The first-order chi connectivity index (χ1) is 5.75. The Morgan fingerprint density at radius 3 is 2.58 bits per heavy atom. The molecule has 3 heteroatoms. The molecule has 1 fully saturated rings. The van der Waals surface area contributed by atoms with E-state index in [1.165, 1.54) is 12.8 Å². The maximum absolute atomic E-state index is 11.0. The van der Waals surface area contributed by atoms with Gasteiger partial charge in [0.1, 0.15) is 0 Å². The van der Waals surface area contributed by atoms with Crippen molar-refractivity contribution < 1.29 is 4.79 Å². The molecule has 0 bridgehead atoms. The van der Waals surface area contributed by atoms with Crippen molar-refractivity contribution >= 4 is 17.0 Å². The van der Waals surface area contributed by atoms with Gasteiger partial charge in [-0.05, 0) is 24.4 Å². The van der Waals surface area contributed by atoms with Crippen LogP contribution in [0.25, 0.3) is 0 Å². The minimum Gasteiger partial charge on any atom is -0.323 e. The second kappa shape index (κ2) is 4.51. The van der Waals surface area contributed by atoms with Gasteiger partial charge < -0.3 is 4.90 Å². The van der Waals surface area contributed by atoms with Crippen LogP contribution in [-0.2, 0) is 0 Å². The Labute approximate surface area is 78.2 Å². The molecule has 0 saturated heterocycles. The second-order valence-electron chi connectivity index (χ2n) is 3.13. The van der Waals surface area contributed by atoms with Crippen LogP contribution in [0.5, 0.6) is 0 Å². The summed E-state index contributed by atoms with van der Waals surface area (Å²) in [5.74, 6) is 0. The molecule has 0 atom stereocenters. The van der Waals surface area contributed by atoms with Gasteiger partial charge in [0.05, 0.1) is 0 Å². The van der Waals surface area contributed by atoms with Crippen molar-refractivity contribution in [2.24, 2.45) is 0 Å². The van der Waals surface area contributed by atoms with Gasteiger partial charge >= 0.3 is 5.37 Å². The number of halogens is 1. The van der Waals surface area contributed by atoms with Crippen LogP contribution in [-0.4, -0.2) is 22.9 Å². The smallest absolute Gasteiger partial charge is 0.316 e. The van der Waals surface area contributed by atoms with Gasteiger partial charge in [-0.25, -0.2) is 0 Å². The first kappa shape index (κ1) is 9.59. The van der Waals surface area contributed by atoms with Crippen molar-refractivity contribution in [1.82, 2.24) is 4.90 Å². The fraction of sp³-hybridized carbons (Fsp3) is 0.667. The Kier molecular flexibility index (Phi) is 3.60. The fourth-order valence-corrected chi connectivity index (χ4v) is 1.93. The summed E-state index contributed by atoms with van der Waals surface area (Å²) in [6.45, 7) is 4.18. The number of hydrogen-bond acceptors (Lipinski definition) is 1. The van der Waals surface area contributed by atoms with E-state index in [0.29, 0.717) is 12.6 Å². The third kappa shape index (κ3) is 2.24. The average Bonchev–Trinajstić information content (AvgIpc) is 2.51. The normalized spacial score (nSPS) is 17.8. The van der Waals surface area contributed by atoms with Gasteiger partial charge in [0, 0.05) is 12.6 Å². The molecular weight excluding hydrogens is 174 g/mol. The van der Waals surface area contributed by atoms with E-state index < -0.39 is 0 Å². The predicted octanol–water partition coefficient (Wildman–Crippen LogP) is 2.78. The van der Waals surface area contributed by atoms with E-state index in [1.54, 1.807) is 11.0 Å². The molecule has 1 aliphatic rings. The molecule has 0 spiro atoms. The zero-order valence-electron chi connectivity index (χ0n) is 7.13. The van der Waals surface area contributed by atoms with Crippen molar-refractivity contribution in [2.45, 2.75) is 31.7 Å². The van der Waals surface area contributed by atoms with Gasteiger partial charge in [-0.1, -0.05) is 18.9 Å². The lowest BCUT2D eigenvalue weighted by Crippen LogP contribution is -2.35. The van der Waals surface area contributed by atoms with E-state index in [9.17, 15) is 4.79 Å². The van der Waals surface area contributed by atoms with Gasteiger partial charge in [0.2, 0.25) is 0 Å². The molecule has 0 N–H and O–H groups in total. The lowest BCUT2D eigenvalue weighted by atomic mass is 10.2. The molecule has 0 aromatic heterocycles. The van der Waals surface area contributed by atoms with Crippen LogP contribution in [0, 0.1) is 0 Å². The summed E-state index contributed by atoms with van der Waals surface area (Å²) >= 11 is 5.44. The minimum absolute atomic E-state index is 0.346. The number of hydrogen-bond donors (Lipinski definition) is 0. The Balaban J connectivity index is 2.51. The molecule has 0 aromatic rings. The Morgan fingerprint density at radius 1 is 1.58 bits per heavy atom. The van der Waals surface area contributed by atoms with E-state index in [0.717, 1.165) is 12.8 Å². The van der Waals surface area contributed by atoms with Crippen molar-refractivity contribution in [3.63, 3.8) is 0 Å². The molecule has 0 unspecified atom stereocenters. The standard InChI is InChI=1S/C9H14ClNO/c1-2-7-11(9(10)12)8-5-3-4-6-8/h2,8H,1,3-7H2. The summed E-state index contributed by atoms with van der Waals surface area (Å²) in [4.78, 5) is 12.7. The third-order valence-electron chi connectivity index (χ3n) is 2.32. The topological polar surface area (TPSA) is 20.3 Å². The van der Waals surface area contributed by atoms with Crippen LogP contribution in [0.2, 0.25) is 0 Å². The maximum atomic E-state index is 11.0. The van der Waals surface area contributed by atoms with E-state index >= 15 is 0 Å². The first-order valence-corrected chi connectivity index (χ1v) is 4.70. The summed E-state index contributed by atoms with van der Waals surface area (Å²) in [6.07, 6.45) is 6.32. The quantitative estimate of drug-likeness (QED) is 0.378. The lowest BCUT2D eigenvalue weighted by molar-refractivity contribution is 0.207. The maximum Gasteiger partial charge on any atom is 0.316 e. The van der Waals surface area contributed by atoms with E-state index in [-0.39, 0.29) is 5.37 Å². The highest BCUT2D eigenvalue weighted by molar-refractivity contribution is 6.62. The number of carbonyl (C=O) groups excluding carboxylic acids is 1. The molecular formula is C9H14ClNO. The van der Waals surface area contributed by atoms with Gasteiger partial charge in [-0.3, -0.25) is 4.79 Å². The van der Waals surface area contributed by atoms with Gasteiger partial charge in [0.15, 0.2) is 0 Å². The second-order valence-corrected chi connectivity index (χ2v) is 3.46. The van der Waals surface area contributed by atoms with Crippen LogP contribution in [0.3, 0.4) is 0 Å². The predicted molar refractivity (Wildman–Crippen MR) is 50.4 cm³/mol. The van der Waals surface area contributed by atoms with Crippen LogP contribution in [0.4, 0.5) is 4.79 Å². The lowest BCUT2D eigenvalue weighted by Gasteiger charge is -2.24. The highest BCUT2D eigenvalue weighted by atomic mass is 35.5. The Morgan fingerprint density at radius 2 is 2.17 bits per heavy atom. The Bertz CT molecular complexity index is 175. The highest BCUT2D eigenvalue weighted by Crippen LogP contribution is 2.24. The monoisotopic (exact) mass is 187 g/mol. The molecule has 1 aliphatic carbocycles. The van der Waals surface area contributed by atoms with Crippen molar-refractivity contribution in [3.8, 4) is 0 Å². The van der Waals surface area contributed by atoms with E-state index in [4.69, 9.17) is 11.6 Å². The largest absolute Gasteiger partial charge is 0.323 e. The summed E-state index contributed by atoms with van der Waals surface area (Å²) < 4.78 is 0. The summed E-state index contributed by atoms with van der Waals surface area (Å²) in [7, 11) is 0. The number of rotatable bonds is 3. The van der Waals surface area contributed by atoms with Gasteiger partial charge in [-0.15, -0.1) is 6.58 Å². The molecule has 1 rings (SSSR count). The molecule has 1 amide bonds. The molecule has 0 aromatic carbocycles. The highest BCUT2D eigenvalue weighted by Gasteiger charge is 2.24. The number of nitrogens with zero attached hydrogens (tertiary/aromatic N) is 1. The van der Waals surface area contributed by atoms with Crippen molar-refractivity contribution in [2.75, 3.05) is 6.54 Å². The summed E-state index contributed by atoms with van der Waals surface area (Å²) in [5.41, 5.74) is 0. The van der Waals surface area contributed by atoms with Gasteiger partial charge in [-0.2, -0.15) is 0 Å². The molecule has 0 radical (unpaired) electrons. The molecule has 0 aliphatic heterocycles. The minimum atomic E-state index is -0.346. The Hall–Kier alpha value is -0.500. The fourth-order valence-electron chi connectivity index (χ4n) is 1.72. The van der Waals surface area contributed by atoms with Crippen LogP contribution in [0.1, 0.15) is 25.7 Å². The van der Waals surface area contributed by atoms with E-state index in [2.05, 4.69) is 6.58 Å². The van der Waals surface area contributed by atoms with Crippen LogP contribution >= 0.6 is 11.6 Å². The number of carbonyl (C=O) groups is 1. The zero-order chi connectivity index (χ0) is 8.97. The molecule has 2 nitrogen and oxygen atoms in total. The molecule has 0 heterocycles.